The van der Waals surface area contributed by atoms with E-state index in [4.69, 9.17) is 21.6 Å². The van der Waals surface area contributed by atoms with Crippen molar-refractivity contribution in [1.29, 1.82) is 5.26 Å². The lowest BCUT2D eigenvalue weighted by molar-refractivity contribution is -0.134. The van der Waals surface area contributed by atoms with Gasteiger partial charge in [-0.15, -0.1) is 0 Å². The van der Waals surface area contributed by atoms with E-state index in [0.717, 1.165) is 0 Å². The molecule has 0 heterocycles. The van der Waals surface area contributed by atoms with Crippen LogP contribution in [0, 0.1) is 11.3 Å². The summed E-state index contributed by atoms with van der Waals surface area (Å²) in [6.07, 6.45) is -0.287. The Bertz CT molecular complexity index is 868. The summed E-state index contributed by atoms with van der Waals surface area (Å²) in [4.78, 5) is 12.0. The van der Waals surface area contributed by atoms with Gasteiger partial charge in [-0.2, -0.15) is 5.26 Å². The molecule has 2 aromatic carbocycles. The van der Waals surface area contributed by atoms with Gasteiger partial charge in [0.05, 0.1) is 28.2 Å². The molecule has 0 bridgehead atoms. The molecule has 0 N–H and O–H groups in total. The quantitative estimate of drug-likeness (QED) is 0.600. The second-order valence-corrected chi connectivity index (χ2v) is 7.93. The van der Waals surface area contributed by atoms with E-state index in [9.17, 15) is 13.2 Å². The largest absolute Gasteiger partial charge is 0.426 e. The molecule has 7 heteroatoms. The second kappa shape index (κ2) is 7.47. The van der Waals surface area contributed by atoms with Crippen LogP contribution in [0.15, 0.2) is 53.4 Å². The Hall–Kier alpha value is -2.36. The number of nitriles is 1. The number of sulfone groups is 1. The van der Waals surface area contributed by atoms with Gasteiger partial charge in [-0.25, -0.2) is 8.42 Å². The monoisotopic (exact) mass is 363 g/mol. The number of benzene rings is 2. The minimum absolute atomic E-state index is 0.102. The first-order chi connectivity index (χ1) is 11.3. The van der Waals surface area contributed by atoms with E-state index in [1.165, 1.54) is 55.5 Å². The van der Waals surface area contributed by atoms with Crippen LogP contribution in [0.3, 0.4) is 0 Å². The first kappa shape index (κ1) is 18.0. The van der Waals surface area contributed by atoms with Gasteiger partial charge in [0.2, 0.25) is 0 Å². The molecule has 5 nitrogen and oxygen atoms in total. The molecular weight excluding hydrogens is 350 g/mol. The van der Waals surface area contributed by atoms with Crippen molar-refractivity contribution in [2.75, 3.05) is 0 Å². The van der Waals surface area contributed by atoms with Crippen molar-refractivity contribution in [2.24, 2.45) is 0 Å². The highest BCUT2D eigenvalue weighted by Gasteiger charge is 2.26. The number of rotatable bonds is 5. The summed E-state index contributed by atoms with van der Waals surface area (Å²) >= 11 is 5.75. The van der Waals surface area contributed by atoms with Crippen molar-refractivity contribution in [3.63, 3.8) is 0 Å². The number of esters is 1. The Morgan fingerprint density at radius 2 is 1.75 bits per heavy atom. The first-order valence-electron chi connectivity index (χ1n) is 7.03. The fraction of sp³-hybridized carbons (Fsp3) is 0.176. The fourth-order valence-corrected chi connectivity index (χ4v) is 3.43. The van der Waals surface area contributed by atoms with Crippen molar-refractivity contribution >= 4 is 27.4 Å². The Morgan fingerprint density at radius 3 is 2.29 bits per heavy atom. The molecule has 2 aromatic rings. The zero-order chi connectivity index (χ0) is 17.7. The van der Waals surface area contributed by atoms with E-state index >= 15 is 0 Å². The maximum absolute atomic E-state index is 12.4. The number of halogens is 1. The number of hydrogen-bond donors (Lipinski definition) is 0. The highest BCUT2D eigenvalue weighted by atomic mass is 35.5. The molecule has 0 saturated heterocycles. The van der Waals surface area contributed by atoms with E-state index in [0.29, 0.717) is 10.6 Å². The molecular formula is C17H14ClNO4S. The van der Waals surface area contributed by atoms with Gasteiger partial charge in [0, 0.05) is 5.02 Å². The van der Waals surface area contributed by atoms with Gasteiger partial charge >= 0.3 is 5.97 Å². The Kier molecular flexibility index (Phi) is 5.60. The number of carbonyl (C=O) groups excluding carboxylic acids is 1. The fourth-order valence-electron chi connectivity index (χ4n) is 1.97. The van der Waals surface area contributed by atoms with Crippen molar-refractivity contribution in [1.82, 2.24) is 0 Å². The SMILES string of the molecule is C[C@H](CC(=O)Oc1ccc(C#N)cc1)S(=O)(=O)c1ccc(Cl)cc1. The number of nitrogens with zero attached hydrogens (tertiary/aromatic N) is 1. The maximum Gasteiger partial charge on any atom is 0.312 e. The molecule has 0 unspecified atom stereocenters. The lowest BCUT2D eigenvalue weighted by atomic mass is 10.2. The summed E-state index contributed by atoms with van der Waals surface area (Å²) in [5, 5.41) is 8.20. The van der Waals surface area contributed by atoms with Crippen LogP contribution in [0.25, 0.3) is 0 Å². The van der Waals surface area contributed by atoms with E-state index < -0.39 is 21.1 Å². The predicted molar refractivity (Wildman–Crippen MR) is 89.5 cm³/mol. The van der Waals surface area contributed by atoms with Gasteiger partial charge in [0.1, 0.15) is 5.75 Å². The molecule has 2 rings (SSSR count). The van der Waals surface area contributed by atoms with Gasteiger partial charge in [0.25, 0.3) is 0 Å². The molecule has 0 aliphatic heterocycles. The predicted octanol–water partition coefficient (Wildman–Crippen LogP) is 3.37. The minimum atomic E-state index is -3.66. The van der Waals surface area contributed by atoms with Crippen molar-refractivity contribution in [3.8, 4) is 11.8 Å². The van der Waals surface area contributed by atoms with Crippen molar-refractivity contribution in [3.05, 3.63) is 59.1 Å². The van der Waals surface area contributed by atoms with Crippen LogP contribution < -0.4 is 4.74 Å². The van der Waals surface area contributed by atoms with Crippen LogP contribution in [-0.4, -0.2) is 19.6 Å². The summed E-state index contributed by atoms with van der Waals surface area (Å²) in [5.74, 6) is -0.403. The Balaban J connectivity index is 2.04. The molecule has 24 heavy (non-hydrogen) atoms. The second-order valence-electron chi connectivity index (χ2n) is 5.12. The van der Waals surface area contributed by atoms with Gasteiger partial charge in [-0.1, -0.05) is 11.6 Å². The average molecular weight is 364 g/mol. The van der Waals surface area contributed by atoms with Crippen LogP contribution in [0.4, 0.5) is 0 Å². The lowest BCUT2D eigenvalue weighted by Crippen LogP contribution is -2.24. The number of ether oxygens (including phenoxy) is 1. The topological polar surface area (TPSA) is 84.2 Å². The van der Waals surface area contributed by atoms with Crippen molar-refractivity contribution in [2.45, 2.75) is 23.5 Å². The van der Waals surface area contributed by atoms with Crippen LogP contribution in [0.2, 0.25) is 5.02 Å². The molecule has 0 aromatic heterocycles. The molecule has 0 saturated carbocycles. The third-order valence-electron chi connectivity index (χ3n) is 3.34. The van der Waals surface area contributed by atoms with Crippen LogP contribution in [0.1, 0.15) is 18.9 Å². The summed E-state index contributed by atoms with van der Waals surface area (Å²) in [7, 11) is -3.66. The van der Waals surface area contributed by atoms with E-state index in [1.807, 2.05) is 6.07 Å². The van der Waals surface area contributed by atoms with E-state index in [1.54, 1.807) is 0 Å². The molecule has 124 valence electrons. The summed E-state index contributed by atoms with van der Waals surface area (Å²) < 4.78 is 30.0. The molecule has 0 radical (unpaired) electrons. The minimum Gasteiger partial charge on any atom is -0.426 e. The van der Waals surface area contributed by atoms with Crippen LogP contribution in [-0.2, 0) is 14.6 Å². The highest BCUT2D eigenvalue weighted by molar-refractivity contribution is 7.92. The van der Waals surface area contributed by atoms with Gasteiger partial charge in [-0.3, -0.25) is 4.79 Å². The van der Waals surface area contributed by atoms with Crippen molar-refractivity contribution < 1.29 is 17.9 Å². The molecule has 0 aliphatic rings. The molecule has 1 atom stereocenters. The molecule has 0 aliphatic carbocycles. The smallest absolute Gasteiger partial charge is 0.312 e. The van der Waals surface area contributed by atoms with Crippen LogP contribution >= 0.6 is 11.6 Å². The third kappa shape index (κ3) is 4.34. The van der Waals surface area contributed by atoms with Crippen LogP contribution in [0.5, 0.6) is 5.75 Å². The van der Waals surface area contributed by atoms with Gasteiger partial charge in [0.15, 0.2) is 9.84 Å². The summed E-state index contributed by atoms with van der Waals surface area (Å²) in [6, 6.07) is 13.7. The Labute approximate surface area is 145 Å². The normalized spacial score (nSPS) is 12.2. The lowest BCUT2D eigenvalue weighted by Gasteiger charge is -2.12. The molecule has 0 spiro atoms. The van der Waals surface area contributed by atoms with E-state index in [2.05, 4.69) is 0 Å². The average Bonchev–Trinajstić information content (AvgIpc) is 2.55. The zero-order valence-electron chi connectivity index (χ0n) is 12.8. The summed E-state index contributed by atoms with van der Waals surface area (Å²) in [6.45, 7) is 1.45. The van der Waals surface area contributed by atoms with E-state index in [-0.39, 0.29) is 17.1 Å². The van der Waals surface area contributed by atoms with Gasteiger partial charge < -0.3 is 4.74 Å². The van der Waals surface area contributed by atoms with Gasteiger partial charge in [-0.05, 0) is 55.5 Å². The zero-order valence-corrected chi connectivity index (χ0v) is 14.3. The summed E-state index contributed by atoms with van der Waals surface area (Å²) in [5.41, 5.74) is 0.438. The third-order valence-corrected chi connectivity index (χ3v) is 5.75. The Morgan fingerprint density at radius 1 is 1.17 bits per heavy atom. The maximum atomic E-state index is 12.4. The molecule has 0 amide bonds. The highest BCUT2D eigenvalue weighted by Crippen LogP contribution is 2.21. The number of hydrogen-bond acceptors (Lipinski definition) is 5. The molecule has 0 fully saturated rings. The number of carbonyl (C=O) groups is 1. The standard InChI is InChI=1S/C17H14ClNO4S/c1-12(24(21,22)16-8-4-14(18)5-9-16)10-17(20)23-15-6-2-13(11-19)3-7-15/h2-9,12H,10H2,1H3/t12-/m1/s1. The first-order valence-corrected chi connectivity index (χ1v) is 8.95.